The van der Waals surface area contributed by atoms with Crippen molar-refractivity contribution in [1.29, 1.82) is 0 Å². The van der Waals surface area contributed by atoms with Crippen LogP contribution in [-0.2, 0) is 9.63 Å². The maximum Gasteiger partial charge on any atom is 0.471 e. The second-order valence-electron chi connectivity index (χ2n) is 4.83. The zero-order valence-electron chi connectivity index (χ0n) is 11.8. The van der Waals surface area contributed by atoms with Crippen molar-refractivity contribution < 1.29 is 32.0 Å². The number of halogens is 3. The average Bonchev–Trinajstić information content (AvgIpc) is 3.23. The molecule has 6 nitrogen and oxygen atoms in total. The highest BCUT2D eigenvalue weighted by atomic mass is 32.1. The Morgan fingerprint density at radius 3 is 2.83 bits per heavy atom. The molecular formula is C14H9F3N2O4S. The lowest BCUT2D eigenvalue weighted by molar-refractivity contribution is -0.174. The molecule has 1 atom stereocenters. The van der Waals surface area contributed by atoms with Gasteiger partial charge in [-0.3, -0.25) is 4.79 Å². The lowest BCUT2D eigenvalue weighted by Crippen LogP contribution is -2.38. The molecule has 1 N–H and O–H groups in total. The molecule has 0 bridgehead atoms. The van der Waals surface area contributed by atoms with Crippen molar-refractivity contribution in [1.82, 2.24) is 5.32 Å². The number of furan rings is 1. The highest BCUT2D eigenvalue weighted by molar-refractivity contribution is 7.12. The topological polar surface area (TPSA) is 80.9 Å². The number of nitrogens with zero attached hydrogens (tertiary/aromatic N) is 1. The number of carbonyl (C=O) groups is 2. The van der Waals surface area contributed by atoms with E-state index in [-0.39, 0.29) is 17.9 Å². The van der Waals surface area contributed by atoms with Crippen LogP contribution in [-0.4, -0.2) is 23.8 Å². The molecule has 0 unspecified atom stereocenters. The number of hydrogen-bond acceptors (Lipinski definition) is 6. The molecule has 10 heteroatoms. The number of alkyl halides is 3. The Morgan fingerprint density at radius 2 is 2.17 bits per heavy atom. The Labute approximate surface area is 136 Å². The molecule has 0 radical (unpaired) electrons. The number of carbonyl (C=O) groups excluding carboxylic acids is 2. The van der Waals surface area contributed by atoms with Crippen LogP contribution in [0, 0.1) is 0 Å². The number of hydrogen-bond donors (Lipinski definition) is 1. The molecular weight excluding hydrogens is 349 g/mol. The molecule has 0 aromatic carbocycles. The largest absolute Gasteiger partial charge is 0.471 e. The lowest BCUT2D eigenvalue weighted by Gasteiger charge is -2.13. The maximum atomic E-state index is 12.4. The summed E-state index contributed by atoms with van der Waals surface area (Å²) in [6.45, 7) is 0. The summed E-state index contributed by atoms with van der Waals surface area (Å²) in [6.07, 6.45) is -3.68. The summed E-state index contributed by atoms with van der Waals surface area (Å²) in [5.41, 5.74) is 0.790. The van der Waals surface area contributed by atoms with E-state index in [4.69, 9.17) is 9.25 Å². The van der Waals surface area contributed by atoms with Crippen LogP contribution >= 0.6 is 11.3 Å². The van der Waals surface area contributed by atoms with E-state index >= 15 is 0 Å². The third kappa shape index (κ3) is 3.18. The van der Waals surface area contributed by atoms with E-state index in [1.165, 1.54) is 29.7 Å². The van der Waals surface area contributed by atoms with Gasteiger partial charge >= 0.3 is 18.1 Å². The van der Waals surface area contributed by atoms with Crippen LogP contribution in [0.15, 0.2) is 39.4 Å². The molecule has 0 saturated heterocycles. The van der Waals surface area contributed by atoms with Gasteiger partial charge in [0, 0.05) is 6.42 Å². The summed E-state index contributed by atoms with van der Waals surface area (Å²) < 4.78 is 42.0. The summed E-state index contributed by atoms with van der Waals surface area (Å²) in [5.74, 6) is -2.91. The number of oxime groups is 1. The predicted molar refractivity (Wildman–Crippen MR) is 76.5 cm³/mol. The van der Waals surface area contributed by atoms with Gasteiger partial charge in [0.15, 0.2) is 0 Å². The van der Waals surface area contributed by atoms with E-state index in [1.807, 2.05) is 5.32 Å². The summed E-state index contributed by atoms with van der Waals surface area (Å²) in [5, 5.41) is 7.26. The van der Waals surface area contributed by atoms with Gasteiger partial charge in [-0.1, -0.05) is 5.16 Å². The van der Waals surface area contributed by atoms with Crippen molar-refractivity contribution in [3.8, 4) is 0 Å². The van der Waals surface area contributed by atoms with Crippen molar-refractivity contribution in [3.05, 3.63) is 46.0 Å². The minimum atomic E-state index is -4.97. The fourth-order valence-electron chi connectivity index (χ4n) is 2.21. The molecule has 0 saturated carbocycles. The maximum absolute atomic E-state index is 12.4. The number of nitrogens with one attached hydrogen (secondary N) is 1. The van der Waals surface area contributed by atoms with Gasteiger partial charge in [-0.15, -0.1) is 11.3 Å². The molecule has 0 fully saturated rings. The molecule has 0 spiro atoms. The van der Waals surface area contributed by atoms with Crippen LogP contribution in [0.1, 0.15) is 33.5 Å². The Bertz CT molecular complexity index is 795. The standard InChI is InChI=1S/C14H9F3N2O4S/c15-14(16,17)13(21)18-8-6-9(11-7(8)3-5-24-11)19-23-12(20)10-2-1-4-22-10/h1-5,8H,6H2,(H,18,21)/t8-/m0/s1. The van der Waals surface area contributed by atoms with Crippen LogP contribution in [0.4, 0.5) is 13.2 Å². The van der Waals surface area contributed by atoms with Gasteiger partial charge in [-0.05, 0) is 29.1 Å². The van der Waals surface area contributed by atoms with Crippen molar-refractivity contribution in [2.75, 3.05) is 0 Å². The van der Waals surface area contributed by atoms with E-state index in [1.54, 1.807) is 11.4 Å². The van der Waals surface area contributed by atoms with E-state index in [2.05, 4.69) is 5.16 Å². The molecule has 1 amide bonds. The van der Waals surface area contributed by atoms with Gasteiger partial charge in [0.05, 0.1) is 17.2 Å². The summed E-state index contributed by atoms with van der Waals surface area (Å²) in [6, 6.07) is 3.61. The molecule has 0 aliphatic heterocycles. The molecule has 1 aliphatic carbocycles. The molecule has 1 aliphatic rings. The third-order valence-corrected chi connectivity index (χ3v) is 4.23. The molecule has 3 rings (SSSR count). The molecule has 2 aromatic rings. The van der Waals surface area contributed by atoms with Crippen LogP contribution < -0.4 is 5.32 Å². The quantitative estimate of drug-likeness (QED) is 0.676. The highest BCUT2D eigenvalue weighted by Crippen LogP contribution is 2.36. The fraction of sp³-hybridized carbons (Fsp3) is 0.214. The number of thiophene rings is 1. The molecule has 24 heavy (non-hydrogen) atoms. The van der Waals surface area contributed by atoms with E-state index < -0.39 is 24.1 Å². The number of rotatable bonds is 3. The fourth-order valence-corrected chi connectivity index (χ4v) is 3.16. The molecule has 126 valence electrons. The van der Waals surface area contributed by atoms with Gasteiger partial charge in [-0.2, -0.15) is 13.2 Å². The van der Waals surface area contributed by atoms with Gasteiger partial charge in [0.25, 0.3) is 0 Å². The van der Waals surface area contributed by atoms with E-state index in [9.17, 15) is 22.8 Å². The predicted octanol–water partition coefficient (Wildman–Crippen LogP) is 3.03. The minimum Gasteiger partial charge on any atom is -0.457 e. The molecule has 2 heterocycles. The molecule has 2 aromatic heterocycles. The van der Waals surface area contributed by atoms with Crippen LogP contribution in [0.3, 0.4) is 0 Å². The lowest BCUT2D eigenvalue weighted by atomic mass is 10.2. The number of amides is 1. The zero-order valence-corrected chi connectivity index (χ0v) is 12.6. The first-order valence-corrected chi connectivity index (χ1v) is 7.51. The van der Waals surface area contributed by atoms with Gasteiger partial charge < -0.3 is 14.6 Å². The van der Waals surface area contributed by atoms with Gasteiger partial charge in [0.1, 0.15) is 5.71 Å². The second-order valence-corrected chi connectivity index (χ2v) is 5.74. The first-order valence-electron chi connectivity index (χ1n) is 6.63. The van der Waals surface area contributed by atoms with Crippen molar-refractivity contribution in [2.24, 2.45) is 5.16 Å². The average molecular weight is 358 g/mol. The normalized spacial score (nSPS) is 18.5. The number of fused-ring (bicyclic) bond motifs is 1. The Kier molecular flexibility index (Phi) is 4.14. The third-order valence-electron chi connectivity index (χ3n) is 3.25. The first kappa shape index (κ1) is 16.2. The second kappa shape index (κ2) is 6.11. The van der Waals surface area contributed by atoms with Crippen molar-refractivity contribution in [2.45, 2.75) is 18.6 Å². The minimum absolute atomic E-state index is 0.00470. The van der Waals surface area contributed by atoms with Gasteiger partial charge in [0.2, 0.25) is 5.76 Å². The van der Waals surface area contributed by atoms with Crippen LogP contribution in [0.5, 0.6) is 0 Å². The first-order chi connectivity index (χ1) is 11.4. The van der Waals surface area contributed by atoms with E-state index in [0.29, 0.717) is 10.4 Å². The van der Waals surface area contributed by atoms with Crippen LogP contribution in [0.25, 0.3) is 0 Å². The SMILES string of the molecule is O=C(ON=C1C[C@H](NC(=O)C(F)(F)F)c2ccsc21)c1ccco1. The van der Waals surface area contributed by atoms with Gasteiger partial charge in [-0.25, -0.2) is 4.79 Å². The summed E-state index contributed by atoms with van der Waals surface area (Å²) in [4.78, 5) is 28.1. The van der Waals surface area contributed by atoms with Crippen molar-refractivity contribution >= 4 is 28.9 Å². The zero-order chi connectivity index (χ0) is 17.3. The summed E-state index contributed by atoms with van der Waals surface area (Å²) >= 11 is 1.23. The van der Waals surface area contributed by atoms with Crippen molar-refractivity contribution in [3.63, 3.8) is 0 Å². The smallest absolute Gasteiger partial charge is 0.457 e. The van der Waals surface area contributed by atoms with Crippen LogP contribution in [0.2, 0.25) is 0 Å². The highest BCUT2D eigenvalue weighted by Gasteiger charge is 2.42. The summed E-state index contributed by atoms with van der Waals surface area (Å²) in [7, 11) is 0. The Morgan fingerprint density at radius 1 is 1.38 bits per heavy atom. The van der Waals surface area contributed by atoms with E-state index in [0.717, 1.165) is 0 Å². The monoisotopic (exact) mass is 358 g/mol. The Balaban J connectivity index is 1.74. The Hall–Kier alpha value is -2.62.